The molecular weight excluding hydrogens is 276 g/mol. The van der Waals surface area contributed by atoms with Gasteiger partial charge in [0, 0.05) is 13.0 Å². The molecule has 2 heterocycles. The van der Waals surface area contributed by atoms with Crippen LogP contribution in [0.1, 0.15) is 40.0 Å². The molecule has 7 heteroatoms. The molecule has 0 unspecified atom stereocenters. The number of nitrogens with zero attached hydrogens (tertiary/aromatic N) is 1. The highest BCUT2D eigenvalue weighted by molar-refractivity contribution is 5.90. The molecule has 0 aliphatic carbocycles. The number of cyclic esters (lactones) is 1. The Bertz CT molecular complexity index is 443. The van der Waals surface area contributed by atoms with E-state index in [1.165, 1.54) is 4.90 Å². The summed E-state index contributed by atoms with van der Waals surface area (Å²) in [4.78, 5) is 37.2. The number of rotatable bonds is 2. The van der Waals surface area contributed by atoms with Crippen molar-refractivity contribution in [2.45, 2.75) is 57.7 Å². The van der Waals surface area contributed by atoms with Crippen molar-refractivity contribution in [3.63, 3.8) is 0 Å². The second kappa shape index (κ2) is 5.91. The van der Waals surface area contributed by atoms with Crippen LogP contribution in [0.5, 0.6) is 0 Å². The Morgan fingerprint density at radius 1 is 1.33 bits per heavy atom. The fourth-order valence-corrected chi connectivity index (χ4v) is 2.47. The van der Waals surface area contributed by atoms with E-state index < -0.39 is 29.7 Å². The lowest BCUT2D eigenvalue weighted by atomic mass is 10.1. The Hall–Kier alpha value is -1.79. The number of ether oxygens (including phenoxy) is 2. The lowest BCUT2D eigenvalue weighted by Crippen LogP contribution is -2.50. The van der Waals surface area contributed by atoms with Gasteiger partial charge in [-0.05, 0) is 33.6 Å². The molecule has 0 saturated carbocycles. The summed E-state index contributed by atoms with van der Waals surface area (Å²) in [6, 6.07) is -1.17. The summed E-state index contributed by atoms with van der Waals surface area (Å²) in [6.45, 7) is 6.16. The minimum Gasteiger partial charge on any atom is -0.464 e. The molecule has 2 aliphatic rings. The van der Waals surface area contributed by atoms with E-state index in [2.05, 4.69) is 5.32 Å². The third-order valence-corrected chi connectivity index (χ3v) is 3.44. The van der Waals surface area contributed by atoms with Gasteiger partial charge in [0.25, 0.3) is 0 Å². The normalized spacial score (nSPS) is 25.7. The summed E-state index contributed by atoms with van der Waals surface area (Å²) in [6.07, 6.45) is 1.30. The topological polar surface area (TPSA) is 84.9 Å². The predicted molar refractivity (Wildman–Crippen MR) is 73.5 cm³/mol. The van der Waals surface area contributed by atoms with E-state index in [1.54, 1.807) is 20.8 Å². The van der Waals surface area contributed by atoms with Crippen LogP contribution in [-0.4, -0.2) is 53.7 Å². The average molecular weight is 298 g/mol. The first-order valence-corrected chi connectivity index (χ1v) is 7.24. The molecule has 2 amide bonds. The zero-order valence-electron chi connectivity index (χ0n) is 12.7. The number of nitrogens with one attached hydrogen (secondary N) is 1. The number of carbonyl (C=O) groups excluding carboxylic acids is 3. The Balaban J connectivity index is 1.96. The highest BCUT2D eigenvalue weighted by Crippen LogP contribution is 2.21. The van der Waals surface area contributed by atoms with Gasteiger partial charge in [-0.25, -0.2) is 9.59 Å². The van der Waals surface area contributed by atoms with Gasteiger partial charge in [0.05, 0.1) is 6.61 Å². The minimum atomic E-state index is -0.601. The van der Waals surface area contributed by atoms with Crippen molar-refractivity contribution >= 4 is 18.0 Å². The molecular formula is C14H22N2O5. The van der Waals surface area contributed by atoms with Crippen LogP contribution < -0.4 is 5.32 Å². The molecule has 2 aliphatic heterocycles. The van der Waals surface area contributed by atoms with Gasteiger partial charge in [-0.2, -0.15) is 0 Å². The molecule has 0 aromatic rings. The Morgan fingerprint density at radius 2 is 2.05 bits per heavy atom. The van der Waals surface area contributed by atoms with Crippen molar-refractivity contribution in [1.29, 1.82) is 0 Å². The fourth-order valence-electron chi connectivity index (χ4n) is 2.47. The SMILES string of the molecule is CC(C)(C)OC(=O)N1CCC[C@H]1C(=O)N[C@H]1CCOC1=O. The monoisotopic (exact) mass is 298 g/mol. The van der Waals surface area contributed by atoms with Crippen LogP contribution in [-0.2, 0) is 19.1 Å². The Morgan fingerprint density at radius 3 is 2.62 bits per heavy atom. The van der Waals surface area contributed by atoms with Crippen LogP contribution >= 0.6 is 0 Å². The standard InChI is InChI=1S/C14H22N2O5/c1-14(2,3)21-13(19)16-7-4-5-10(16)11(17)15-9-6-8-20-12(9)18/h9-10H,4-8H2,1-3H3,(H,15,17)/t9-,10-/m0/s1. The molecule has 2 fully saturated rings. The molecule has 118 valence electrons. The van der Waals surface area contributed by atoms with Crippen molar-refractivity contribution in [2.24, 2.45) is 0 Å². The zero-order chi connectivity index (χ0) is 15.6. The summed E-state index contributed by atoms with van der Waals surface area (Å²) < 4.78 is 10.1. The van der Waals surface area contributed by atoms with Gasteiger partial charge in [0.2, 0.25) is 5.91 Å². The molecule has 0 aromatic carbocycles. The molecule has 2 atom stereocenters. The van der Waals surface area contributed by atoms with Gasteiger partial charge >= 0.3 is 12.1 Å². The van der Waals surface area contributed by atoms with Crippen LogP contribution in [0.4, 0.5) is 4.79 Å². The van der Waals surface area contributed by atoms with E-state index in [-0.39, 0.29) is 5.91 Å². The van der Waals surface area contributed by atoms with Gasteiger partial charge in [-0.3, -0.25) is 9.69 Å². The molecule has 1 N–H and O–H groups in total. The smallest absolute Gasteiger partial charge is 0.410 e. The first-order chi connectivity index (χ1) is 9.78. The van der Waals surface area contributed by atoms with E-state index >= 15 is 0 Å². The van der Waals surface area contributed by atoms with Crippen LogP contribution in [0.15, 0.2) is 0 Å². The molecule has 7 nitrogen and oxygen atoms in total. The Kier molecular flexibility index (Phi) is 4.39. The quantitative estimate of drug-likeness (QED) is 0.763. The second-order valence-corrected chi connectivity index (χ2v) is 6.35. The van der Waals surface area contributed by atoms with Crippen LogP contribution in [0.25, 0.3) is 0 Å². The summed E-state index contributed by atoms with van der Waals surface area (Å²) >= 11 is 0. The first kappa shape index (κ1) is 15.6. The van der Waals surface area contributed by atoms with Gasteiger partial charge in [-0.1, -0.05) is 0 Å². The number of carbonyl (C=O) groups is 3. The van der Waals surface area contributed by atoms with Crippen molar-refractivity contribution in [1.82, 2.24) is 10.2 Å². The van der Waals surface area contributed by atoms with Crippen LogP contribution in [0, 0.1) is 0 Å². The fraction of sp³-hybridized carbons (Fsp3) is 0.786. The molecule has 0 aromatic heterocycles. The molecule has 0 spiro atoms. The zero-order valence-corrected chi connectivity index (χ0v) is 12.7. The maximum absolute atomic E-state index is 12.3. The van der Waals surface area contributed by atoms with Crippen LogP contribution in [0.2, 0.25) is 0 Å². The number of likely N-dealkylation sites (tertiary alicyclic amines) is 1. The molecule has 2 rings (SSSR count). The molecule has 0 radical (unpaired) electrons. The highest BCUT2D eigenvalue weighted by atomic mass is 16.6. The van der Waals surface area contributed by atoms with E-state index in [0.29, 0.717) is 26.0 Å². The highest BCUT2D eigenvalue weighted by Gasteiger charge is 2.38. The van der Waals surface area contributed by atoms with E-state index in [9.17, 15) is 14.4 Å². The van der Waals surface area contributed by atoms with Gasteiger partial charge in [0.15, 0.2) is 0 Å². The maximum Gasteiger partial charge on any atom is 0.410 e. The lowest BCUT2D eigenvalue weighted by molar-refractivity contribution is -0.141. The largest absolute Gasteiger partial charge is 0.464 e. The van der Waals surface area contributed by atoms with Crippen molar-refractivity contribution in [3.05, 3.63) is 0 Å². The van der Waals surface area contributed by atoms with Crippen molar-refractivity contribution in [3.8, 4) is 0 Å². The maximum atomic E-state index is 12.3. The van der Waals surface area contributed by atoms with E-state index in [1.807, 2.05) is 0 Å². The van der Waals surface area contributed by atoms with Gasteiger partial charge < -0.3 is 14.8 Å². The molecule has 0 bridgehead atoms. The summed E-state index contributed by atoms with van der Waals surface area (Å²) in [5, 5.41) is 2.66. The number of amides is 2. The predicted octanol–water partition coefficient (Wildman–Crippen LogP) is 0.818. The third kappa shape index (κ3) is 3.86. The van der Waals surface area contributed by atoms with Crippen LogP contribution in [0.3, 0.4) is 0 Å². The van der Waals surface area contributed by atoms with Gasteiger partial charge in [-0.15, -0.1) is 0 Å². The molecule has 2 saturated heterocycles. The third-order valence-electron chi connectivity index (χ3n) is 3.44. The lowest BCUT2D eigenvalue weighted by Gasteiger charge is -2.28. The average Bonchev–Trinajstić information content (AvgIpc) is 2.96. The summed E-state index contributed by atoms with van der Waals surface area (Å²) in [5.74, 6) is -0.729. The number of hydrogen-bond acceptors (Lipinski definition) is 5. The van der Waals surface area contributed by atoms with Crippen molar-refractivity contribution in [2.75, 3.05) is 13.2 Å². The number of hydrogen-bond donors (Lipinski definition) is 1. The Labute approximate surface area is 123 Å². The minimum absolute atomic E-state index is 0.317. The summed E-state index contributed by atoms with van der Waals surface area (Å²) in [7, 11) is 0. The summed E-state index contributed by atoms with van der Waals surface area (Å²) in [5.41, 5.74) is -0.601. The molecule has 21 heavy (non-hydrogen) atoms. The first-order valence-electron chi connectivity index (χ1n) is 7.24. The van der Waals surface area contributed by atoms with Crippen molar-refractivity contribution < 1.29 is 23.9 Å². The van der Waals surface area contributed by atoms with E-state index in [0.717, 1.165) is 6.42 Å². The second-order valence-electron chi connectivity index (χ2n) is 6.35. The van der Waals surface area contributed by atoms with Gasteiger partial charge in [0.1, 0.15) is 17.7 Å². The number of esters is 1. The van der Waals surface area contributed by atoms with E-state index in [4.69, 9.17) is 9.47 Å².